The smallest absolute Gasteiger partial charge is 0.324 e. The zero-order valence-corrected chi connectivity index (χ0v) is 15.5. The summed E-state index contributed by atoms with van der Waals surface area (Å²) in [5.41, 5.74) is 2.51. The maximum Gasteiger partial charge on any atom is 0.324 e. The third-order valence-electron chi connectivity index (χ3n) is 4.16. The minimum absolute atomic E-state index is 0.301. The van der Waals surface area contributed by atoms with Crippen LogP contribution in [0, 0.1) is 6.92 Å². The van der Waals surface area contributed by atoms with Gasteiger partial charge in [0.05, 0.1) is 29.1 Å². The van der Waals surface area contributed by atoms with Crippen LogP contribution < -0.4 is 15.5 Å². The molecule has 1 aliphatic rings. The Hall–Kier alpha value is -2.65. The van der Waals surface area contributed by atoms with Crippen molar-refractivity contribution >= 4 is 44.2 Å². The highest BCUT2D eigenvalue weighted by Crippen LogP contribution is 2.31. The summed E-state index contributed by atoms with van der Waals surface area (Å²) in [5, 5.41) is 10.9. The molecular weight excluding hydrogens is 352 g/mol. The van der Waals surface area contributed by atoms with Crippen molar-refractivity contribution in [2.24, 2.45) is 7.05 Å². The van der Waals surface area contributed by atoms with Crippen LogP contribution in [0.25, 0.3) is 10.2 Å². The molecule has 2 amide bonds. The molecular formula is C17H20N6O2S. The van der Waals surface area contributed by atoms with E-state index in [4.69, 9.17) is 4.74 Å². The van der Waals surface area contributed by atoms with Crippen LogP contribution in [0.4, 0.5) is 21.4 Å². The first-order chi connectivity index (χ1) is 12.6. The van der Waals surface area contributed by atoms with Crippen LogP contribution in [0.5, 0.6) is 0 Å². The van der Waals surface area contributed by atoms with E-state index < -0.39 is 0 Å². The van der Waals surface area contributed by atoms with Crippen LogP contribution in [0.15, 0.2) is 24.3 Å². The first kappa shape index (κ1) is 16.8. The summed E-state index contributed by atoms with van der Waals surface area (Å²) in [6.45, 7) is 5.06. The lowest BCUT2D eigenvalue weighted by atomic mass is 10.3. The predicted molar refractivity (Wildman–Crippen MR) is 103 cm³/mol. The summed E-state index contributed by atoms with van der Waals surface area (Å²) in [6, 6.07) is 7.26. The molecule has 8 nitrogen and oxygen atoms in total. The summed E-state index contributed by atoms with van der Waals surface area (Å²) < 4.78 is 8.07. The molecule has 1 aliphatic heterocycles. The Morgan fingerprint density at radius 1 is 1.23 bits per heavy atom. The van der Waals surface area contributed by atoms with Gasteiger partial charge in [0.2, 0.25) is 0 Å². The molecule has 2 N–H and O–H groups in total. The van der Waals surface area contributed by atoms with Crippen molar-refractivity contribution in [3.05, 3.63) is 30.0 Å². The molecule has 0 bridgehead atoms. The van der Waals surface area contributed by atoms with Crippen LogP contribution >= 0.6 is 11.3 Å². The number of benzene rings is 1. The average molecular weight is 372 g/mol. The number of morpholine rings is 1. The Morgan fingerprint density at radius 3 is 2.77 bits per heavy atom. The molecule has 0 atom stereocenters. The molecule has 1 aromatic carbocycles. The third kappa shape index (κ3) is 3.49. The van der Waals surface area contributed by atoms with Crippen molar-refractivity contribution in [1.82, 2.24) is 14.8 Å². The SMILES string of the molecule is Cc1cc(NC(=O)Nc2ccc3nc(N4CCOCC4)sc3c2)n(C)n1. The van der Waals surface area contributed by atoms with E-state index in [0.29, 0.717) is 5.82 Å². The second-order valence-corrected chi connectivity index (χ2v) is 7.16. The first-order valence-electron chi connectivity index (χ1n) is 8.40. The molecule has 0 saturated carbocycles. The normalized spacial score (nSPS) is 14.6. The number of fused-ring (bicyclic) bond motifs is 1. The van der Waals surface area contributed by atoms with Gasteiger partial charge in [-0.15, -0.1) is 0 Å². The summed E-state index contributed by atoms with van der Waals surface area (Å²) >= 11 is 1.63. The fourth-order valence-electron chi connectivity index (χ4n) is 2.89. The lowest BCUT2D eigenvalue weighted by Gasteiger charge is -2.25. The number of hydrogen-bond donors (Lipinski definition) is 2. The highest BCUT2D eigenvalue weighted by atomic mass is 32.1. The third-order valence-corrected chi connectivity index (χ3v) is 5.24. The zero-order chi connectivity index (χ0) is 18.1. The van der Waals surface area contributed by atoms with Crippen LogP contribution in [0.3, 0.4) is 0 Å². The van der Waals surface area contributed by atoms with E-state index >= 15 is 0 Å². The van der Waals surface area contributed by atoms with E-state index in [-0.39, 0.29) is 6.03 Å². The number of hydrogen-bond acceptors (Lipinski definition) is 6. The fourth-order valence-corrected chi connectivity index (χ4v) is 3.94. The van der Waals surface area contributed by atoms with E-state index in [1.165, 1.54) is 0 Å². The minimum Gasteiger partial charge on any atom is -0.378 e. The van der Waals surface area contributed by atoms with Crippen molar-refractivity contribution in [1.29, 1.82) is 0 Å². The van der Waals surface area contributed by atoms with Crippen molar-refractivity contribution in [2.45, 2.75) is 6.92 Å². The minimum atomic E-state index is -0.301. The number of ether oxygens (including phenoxy) is 1. The molecule has 0 aliphatic carbocycles. The van der Waals surface area contributed by atoms with Gasteiger partial charge in [0.15, 0.2) is 5.13 Å². The van der Waals surface area contributed by atoms with Gasteiger partial charge in [-0.3, -0.25) is 10.00 Å². The summed E-state index contributed by atoms with van der Waals surface area (Å²) in [7, 11) is 1.79. The number of urea groups is 1. The van der Waals surface area contributed by atoms with E-state index in [1.807, 2.05) is 31.2 Å². The zero-order valence-electron chi connectivity index (χ0n) is 14.7. The highest BCUT2D eigenvalue weighted by Gasteiger charge is 2.16. The molecule has 3 aromatic rings. The monoisotopic (exact) mass is 372 g/mol. The lowest BCUT2D eigenvalue weighted by Crippen LogP contribution is -2.36. The van der Waals surface area contributed by atoms with Crippen molar-refractivity contribution < 1.29 is 9.53 Å². The van der Waals surface area contributed by atoms with Crippen molar-refractivity contribution in [3.8, 4) is 0 Å². The summed E-state index contributed by atoms with van der Waals surface area (Å²) in [5.74, 6) is 0.647. The lowest BCUT2D eigenvalue weighted by molar-refractivity contribution is 0.122. The van der Waals surface area contributed by atoms with Crippen LogP contribution in [0.1, 0.15) is 5.69 Å². The number of rotatable bonds is 3. The van der Waals surface area contributed by atoms with Gasteiger partial charge in [-0.05, 0) is 25.1 Å². The Balaban J connectivity index is 1.48. The molecule has 136 valence electrons. The maximum absolute atomic E-state index is 12.2. The van der Waals surface area contributed by atoms with E-state index in [2.05, 4.69) is 25.6 Å². The van der Waals surface area contributed by atoms with Crippen molar-refractivity contribution in [3.63, 3.8) is 0 Å². The molecule has 4 rings (SSSR count). The Kier molecular flexibility index (Phi) is 4.48. The van der Waals surface area contributed by atoms with Gasteiger partial charge in [0.25, 0.3) is 0 Å². The quantitative estimate of drug-likeness (QED) is 0.739. The molecule has 1 fully saturated rings. The number of nitrogens with one attached hydrogen (secondary N) is 2. The average Bonchev–Trinajstić information content (AvgIpc) is 3.18. The number of aryl methyl sites for hydroxylation is 2. The van der Waals surface area contributed by atoms with E-state index in [1.54, 1.807) is 23.1 Å². The Morgan fingerprint density at radius 2 is 2.04 bits per heavy atom. The molecule has 0 radical (unpaired) electrons. The van der Waals surface area contributed by atoms with Gasteiger partial charge in [0.1, 0.15) is 5.82 Å². The molecule has 9 heteroatoms. The molecule has 0 unspecified atom stereocenters. The summed E-state index contributed by atoms with van der Waals surface area (Å²) in [4.78, 5) is 19.2. The van der Waals surface area contributed by atoms with Crippen LogP contribution in [-0.4, -0.2) is 47.1 Å². The van der Waals surface area contributed by atoms with Gasteiger partial charge >= 0.3 is 6.03 Å². The summed E-state index contributed by atoms with van der Waals surface area (Å²) in [6.07, 6.45) is 0. The number of anilines is 3. The largest absolute Gasteiger partial charge is 0.378 e. The Labute approximate surface area is 154 Å². The number of thiazole rings is 1. The number of aromatic nitrogens is 3. The second kappa shape index (κ2) is 6.93. The number of carbonyl (C=O) groups excluding carboxylic acids is 1. The van der Waals surface area contributed by atoms with E-state index in [9.17, 15) is 4.79 Å². The maximum atomic E-state index is 12.2. The predicted octanol–water partition coefficient (Wildman–Crippen LogP) is 2.82. The number of carbonyl (C=O) groups is 1. The Bertz CT molecular complexity index is 944. The van der Waals surface area contributed by atoms with Crippen LogP contribution in [-0.2, 0) is 11.8 Å². The van der Waals surface area contributed by atoms with Gasteiger partial charge in [0, 0.05) is 31.9 Å². The van der Waals surface area contributed by atoms with Gasteiger partial charge in [-0.2, -0.15) is 5.10 Å². The second-order valence-electron chi connectivity index (χ2n) is 6.15. The number of amides is 2. The van der Waals surface area contributed by atoms with E-state index in [0.717, 1.165) is 53.0 Å². The van der Waals surface area contributed by atoms with Gasteiger partial charge < -0.3 is 15.0 Å². The van der Waals surface area contributed by atoms with Gasteiger partial charge in [-0.25, -0.2) is 9.78 Å². The number of nitrogens with zero attached hydrogens (tertiary/aromatic N) is 4. The molecule has 2 aromatic heterocycles. The van der Waals surface area contributed by atoms with Crippen molar-refractivity contribution in [2.75, 3.05) is 41.8 Å². The standard InChI is InChI=1S/C17H20N6O2S/c1-11-9-15(22(2)21-11)20-16(24)18-12-3-4-13-14(10-12)26-17(19-13)23-5-7-25-8-6-23/h3-4,9-10H,5-8H2,1-2H3,(H2,18,20,24). The molecule has 3 heterocycles. The molecule has 0 spiro atoms. The van der Waals surface area contributed by atoms with Crippen LogP contribution in [0.2, 0.25) is 0 Å². The first-order valence-corrected chi connectivity index (χ1v) is 9.22. The van der Waals surface area contributed by atoms with Gasteiger partial charge in [-0.1, -0.05) is 11.3 Å². The molecule has 1 saturated heterocycles. The molecule has 26 heavy (non-hydrogen) atoms. The highest BCUT2D eigenvalue weighted by molar-refractivity contribution is 7.22. The fraction of sp³-hybridized carbons (Fsp3) is 0.353. The topological polar surface area (TPSA) is 84.3 Å².